The van der Waals surface area contributed by atoms with Crippen LogP contribution >= 0.6 is 0 Å². The molecular weight excluding hydrogens is 352 g/mol. The zero-order chi connectivity index (χ0) is 20.8. The van der Waals surface area contributed by atoms with E-state index in [0.717, 1.165) is 19.4 Å². The zero-order valence-corrected chi connectivity index (χ0v) is 17.6. The number of rotatable bonds is 18. The Morgan fingerprint density at radius 1 is 0.889 bits per heavy atom. The van der Waals surface area contributed by atoms with Crippen LogP contribution in [0.2, 0.25) is 0 Å². The van der Waals surface area contributed by atoms with Crippen molar-refractivity contribution in [3.63, 3.8) is 0 Å². The molecule has 1 amide bonds. The molecule has 0 unspecified atom stereocenters. The van der Waals surface area contributed by atoms with E-state index in [0.29, 0.717) is 59.2 Å². The molecule has 0 aromatic carbocycles. The molecule has 0 atom stereocenters. The van der Waals surface area contributed by atoms with E-state index in [1.165, 1.54) is 0 Å². The normalized spacial score (nSPS) is 10.4. The number of hydrogen-bond donors (Lipinski definition) is 2. The van der Waals surface area contributed by atoms with Crippen molar-refractivity contribution in [2.75, 3.05) is 65.8 Å². The van der Waals surface area contributed by atoms with Crippen LogP contribution in [0.5, 0.6) is 0 Å². The van der Waals surface area contributed by atoms with Crippen molar-refractivity contribution >= 4 is 11.9 Å². The van der Waals surface area contributed by atoms with Gasteiger partial charge in [0.2, 0.25) is 5.91 Å². The second-order valence-electron chi connectivity index (χ2n) is 5.56. The van der Waals surface area contributed by atoms with Crippen LogP contribution in [0.4, 0.5) is 0 Å². The van der Waals surface area contributed by atoms with Crippen molar-refractivity contribution in [2.45, 2.75) is 47.0 Å². The molecule has 0 heterocycles. The highest BCUT2D eigenvalue weighted by atomic mass is 16.5. The number of aliphatic carboxylic acids is 1. The van der Waals surface area contributed by atoms with Gasteiger partial charge in [-0.25, -0.2) is 0 Å². The minimum absolute atomic E-state index is 0.0219. The van der Waals surface area contributed by atoms with Gasteiger partial charge in [-0.1, -0.05) is 34.1 Å². The van der Waals surface area contributed by atoms with Crippen molar-refractivity contribution in [3.8, 4) is 0 Å². The Labute approximate surface area is 164 Å². The molecule has 0 fully saturated rings. The lowest BCUT2D eigenvalue weighted by Gasteiger charge is -2.19. The number of ether oxygens (including phenoxy) is 3. The summed E-state index contributed by atoms with van der Waals surface area (Å²) in [5.41, 5.74) is 0. The Morgan fingerprint density at radius 2 is 1.44 bits per heavy atom. The number of nitrogens with zero attached hydrogens (tertiary/aromatic N) is 1. The second-order valence-corrected chi connectivity index (χ2v) is 5.56. The Balaban J connectivity index is 0. The van der Waals surface area contributed by atoms with Crippen LogP contribution in [0.15, 0.2) is 0 Å². The van der Waals surface area contributed by atoms with E-state index in [4.69, 9.17) is 19.3 Å². The van der Waals surface area contributed by atoms with Crippen molar-refractivity contribution in [2.24, 2.45) is 0 Å². The van der Waals surface area contributed by atoms with Gasteiger partial charge < -0.3 is 24.6 Å². The largest absolute Gasteiger partial charge is 0.480 e. The van der Waals surface area contributed by atoms with Gasteiger partial charge in [-0.05, 0) is 13.0 Å². The SMILES string of the molecule is CC.CCCCN(CCOCCOCCOCCNC(=O)CC)CC(=O)O. The second kappa shape index (κ2) is 22.8. The lowest BCUT2D eigenvalue weighted by atomic mass is 10.3. The van der Waals surface area contributed by atoms with Crippen molar-refractivity contribution in [3.05, 3.63) is 0 Å². The van der Waals surface area contributed by atoms with Crippen molar-refractivity contribution in [1.82, 2.24) is 10.2 Å². The maximum absolute atomic E-state index is 11.0. The Kier molecular flexibility index (Phi) is 23.7. The van der Waals surface area contributed by atoms with E-state index < -0.39 is 5.97 Å². The van der Waals surface area contributed by atoms with Crippen molar-refractivity contribution < 1.29 is 28.9 Å². The Hall–Kier alpha value is -1.22. The number of carbonyl (C=O) groups is 2. The monoisotopic (exact) mass is 392 g/mol. The summed E-state index contributed by atoms with van der Waals surface area (Å²) in [6.45, 7) is 12.7. The fourth-order valence-electron chi connectivity index (χ4n) is 1.97. The van der Waals surface area contributed by atoms with Crippen molar-refractivity contribution in [1.29, 1.82) is 0 Å². The maximum atomic E-state index is 11.0. The first-order chi connectivity index (χ1) is 13.1. The van der Waals surface area contributed by atoms with E-state index in [-0.39, 0.29) is 12.5 Å². The van der Waals surface area contributed by atoms with Crippen LogP contribution in [-0.2, 0) is 23.8 Å². The molecule has 0 aliphatic carbocycles. The highest BCUT2D eigenvalue weighted by Gasteiger charge is 2.08. The molecule has 0 aliphatic heterocycles. The molecule has 0 aliphatic rings. The first-order valence-corrected chi connectivity index (χ1v) is 10.0. The molecule has 8 nitrogen and oxygen atoms in total. The fraction of sp³-hybridized carbons (Fsp3) is 0.895. The first-order valence-electron chi connectivity index (χ1n) is 10.0. The molecule has 0 saturated heterocycles. The van der Waals surface area contributed by atoms with Crippen LogP contribution in [0, 0.1) is 0 Å². The van der Waals surface area contributed by atoms with Crippen LogP contribution in [-0.4, -0.2) is 87.7 Å². The summed E-state index contributed by atoms with van der Waals surface area (Å²) in [5, 5.41) is 11.6. The molecule has 0 aromatic rings. The first kappa shape index (κ1) is 28.0. The van der Waals surface area contributed by atoms with Gasteiger partial charge in [0.1, 0.15) is 0 Å². The molecule has 0 saturated carbocycles. The molecule has 8 heteroatoms. The smallest absolute Gasteiger partial charge is 0.317 e. The topological polar surface area (TPSA) is 97.3 Å². The Bertz CT molecular complexity index is 342. The van der Waals surface area contributed by atoms with Gasteiger partial charge in [0, 0.05) is 19.5 Å². The van der Waals surface area contributed by atoms with Gasteiger partial charge in [-0.2, -0.15) is 0 Å². The molecule has 0 bridgehead atoms. The third kappa shape index (κ3) is 22.7. The quantitative estimate of drug-likeness (QED) is 0.343. The average Bonchev–Trinajstić information content (AvgIpc) is 2.67. The summed E-state index contributed by atoms with van der Waals surface area (Å²) in [5.74, 6) is -0.790. The number of carbonyl (C=O) groups excluding carboxylic acids is 1. The molecule has 2 N–H and O–H groups in total. The molecule has 162 valence electrons. The predicted octanol–water partition coefficient (Wildman–Crippen LogP) is 1.78. The number of hydrogen-bond acceptors (Lipinski definition) is 6. The third-order valence-electron chi connectivity index (χ3n) is 3.37. The minimum Gasteiger partial charge on any atom is -0.480 e. The summed E-state index contributed by atoms with van der Waals surface area (Å²) in [6, 6.07) is 0. The highest BCUT2D eigenvalue weighted by Crippen LogP contribution is 1.95. The minimum atomic E-state index is -0.811. The fourth-order valence-corrected chi connectivity index (χ4v) is 1.97. The van der Waals surface area contributed by atoms with E-state index in [9.17, 15) is 9.59 Å². The Morgan fingerprint density at radius 3 is 1.96 bits per heavy atom. The van der Waals surface area contributed by atoms with Gasteiger partial charge in [0.25, 0.3) is 0 Å². The maximum Gasteiger partial charge on any atom is 0.317 e. The standard InChI is InChI=1S/C17H34N2O6.C2H6/c1-3-5-7-19(15-17(21)22)8-10-24-12-14-25-13-11-23-9-6-18-16(20)4-2;1-2/h3-15H2,1-2H3,(H,18,20)(H,21,22);1-2H3. The van der Waals surface area contributed by atoms with Crippen LogP contribution < -0.4 is 5.32 Å². The summed E-state index contributed by atoms with van der Waals surface area (Å²) in [4.78, 5) is 23.7. The highest BCUT2D eigenvalue weighted by molar-refractivity contribution is 5.75. The molecule has 0 aromatic heterocycles. The average molecular weight is 393 g/mol. The van der Waals surface area contributed by atoms with Gasteiger partial charge >= 0.3 is 5.97 Å². The number of carboxylic acids is 1. The predicted molar refractivity (Wildman–Crippen MR) is 106 cm³/mol. The summed E-state index contributed by atoms with van der Waals surface area (Å²) < 4.78 is 16.2. The molecule has 0 spiro atoms. The summed E-state index contributed by atoms with van der Waals surface area (Å²) in [6.07, 6.45) is 2.51. The molecule has 27 heavy (non-hydrogen) atoms. The molecule has 0 rings (SSSR count). The van der Waals surface area contributed by atoms with Gasteiger partial charge in [-0.15, -0.1) is 0 Å². The zero-order valence-electron chi connectivity index (χ0n) is 17.6. The summed E-state index contributed by atoms with van der Waals surface area (Å²) in [7, 11) is 0. The lowest BCUT2D eigenvalue weighted by molar-refractivity contribution is -0.138. The van der Waals surface area contributed by atoms with E-state index in [2.05, 4.69) is 12.2 Å². The van der Waals surface area contributed by atoms with E-state index in [1.54, 1.807) is 6.92 Å². The molecular formula is C19H40N2O6. The van der Waals surface area contributed by atoms with Gasteiger partial charge in [-0.3, -0.25) is 14.5 Å². The van der Waals surface area contributed by atoms with Crippen LogP contribution in [0.25, 0.3) is 0 Å². The van der Waals surface area contributed by atoms with E-state index >= 15 is 0 Å². The van der Waals surface area contributed by atoms with Crippen LogP contribution in [0.3, 0.4) is 0 Å². The number of unbranched alkanes of at least 4 members (excludes halogenated alkanes) is 1. The number of carboxylic acid groups (broad SMARTS) is 1. The number of amides is 1. The molecule has 0 radical (unpaired) electrons. The number of nitrogens with one attached hydrogen (secondary N) is 1. The third-order valence-corrected chi connectivity index (χ3v) is 3.37. The van der Waals surface area contributed by atoms with Gasteiger partial charge in [0.05, 0.1) is 46.2 Å². The lowest BCUT2D eigenvalue weighted by Crippen LogP contribution is -2.33. The van der Waals surface area contributed by atoms with E-state index in [1.807, 2.05) is 18.7 Å². The van der Waals surface area contributed by atoms with Gasteiger partial charge in [0.15, 0.2) is 0 Å². The summed E-state index contributed by atoms with van der Waals surface area (Å²) >= 11 is 0. The van der Waals surface area contributed by atoms with Crippen LogP contribution in [0.1, 0.15) is 47.0 Å².